The van der Waals surface area contributed by atoms with Crippen LogP contribution in [0.5, 0.6) is 0 Å². The summed E-state index contributed by atoms with van der Waals surface area (Å²) in [7, 11) is 0. The van der Waals surface area contributed by atoms with Gasteiger partial charge in [0.25, 0.3) is 0 Å². The van der Waals surface area contributed by atoms with E-state index in [1.54, 1.807) is 6.20 Å². The third kappa shape index (κ3) is 4.07. The van der Waals surface area contributed by atoms with Gasteiger partial charge in [0.15, 0.2) is 0 Å². The number of anilines is 3. The number of pyridine rings is 1. The Bertz CT molecular complexity index is 1270. The Kier molecular flexibility index (Phi) is 5.23. The van der Waals surface area contributed by atoms with Crippen molar-refractivity contribution in [2.24, 2.45) is 4.99 Å². The maximum absolute atomic E-state index is 4.72. The maximum Gasteiger partial charge on any atom is 0.0723 e. The van der Waals surface area contributed by atoms with Crippen LogP contribution < -0.4 is 4.90 Å². The molecular formula is C28H21N3. The summed E-state index contributed by atoms with van der Waals surface area (Å²) in [6.07, 6.45) is 3.71. The predicted octanol–water partition coefficient (Wildman–Crippen LogP) is 7.46. The lowest BCUT2D eigenvalue weighted by Crippen LogP contribution is -2.09. The lowest BCUT2D eigenvalue weighted by Gasteiger charge is -2.25. The summed E-state index contributed by atoms with van der Waals surface area (Å²) >= 11 is 0. The maximum atomic E-state index is 4.72. The first-order valence-corrected chi connectivity index (χ1v) is 10.3. The highest BCUT2D eigenvalue weighted by molar-refractivity contribution is 5.93. The summed E-state index contributed by atoms with van der Waals surface area (Å²) in [6.45, 7) is 0. The Hall–Kier alpha value is -4.24. The minimum Gasteiger partial charge on any atom is -0.311 e. The lowest BCUT2D eigenvalue weighted by molar-refractivity contribution is 1.28. The molecule has 0 fully saturated rings. The fourth-order valence-electron chi connectivity index (χ4n) is 3.65. The Balaban J connectivity index is 1.46. The van der Waals surface area contributed by atoms with E-state index >= 15 is 0 Å². The van der Waals surface area contributed by atoms with Gasteiger partial charge in [-0.05, 0) is 66.2 Å². The van der Waals surface area contributed by atoms with Gasteiger partial charge in [0, 0.05) is 34.9 Å². The molecule has 5 rings (SSSR count). The van der Waals surface area contributed by atoms with Gasteiger partial charge in [-0.1, -0.05) is 54.6 Å². The second kappa shape index (κ2) is 8.64. The molecule has 31 heavy (non-hydrogen) atoms. The standard InChI is InChI=1S/C28H21N3/c1-3-9-23(10-4-1)31(24-11-5-2-6-12-24)25-18-16-22(17-19-25)21-30-28-15-7-14-27-26(28)13-8-20-29-27/h1-21H. The molecule has 0 unspecified atom stereocenters. The number of fused-ring (bicyclic) bond motifs is 1. The molecule has 0 amide bonds. The van der Waals surface area contributed by atoms with Crippen molar-refractivity contribution in [1.82, 2.24) is 4.98 Å². The second-order valence-corrected chi connectivity index (χ2v) is 7.20. The van der Waals surface area contributed by atoms with Crippen molar-refractivity contribution >= 4 is 39.9 Å². The summed E-state index contributed by atoms with van der Waals surface area (Å²) in [5.41, 5.74) is 6.27. The van der Waals surface area contributed by atoms with Crippen LogP contribution in [0.3, 0.4) is 0 Å². The van der Waals surface area contributed by atoms with Gasteiger partial charge in [0.2, 0.25) is 0 Å². The average Bonchev–Trinajstić information content (AvgIpc) is 2.85. The molecule has 4 aromatic carbocycles. The molecule has 0 spiro atoms. The molecule has 0 saturated heterocycles. The molecule has 0 aliphatic heterocycles. The normalized spacial score (nSPS) is 11.1. The molecular weight excluding hydrogens is 378 g/mol. The van der Waals surface area contributed by atoms with E-state index < -0.39 is 0 Å². The van der Waals surface area contributed by atoms with Crippen LogP contribution in [0.25, 0.3) is 10.9 Å². The van der Waals surface area contributed by atoms with Crippen molar-refractivity contribution in [3.05, 3.63) is 127 Å². The molecule has 0 radical (unpaired) electrons. The van der Waals surface area contributed by atoms with E-state index in [1.165, 1.54) is 0 Å². The van der Waals surface area contributed by atoms with Crippen LogP contribution in [-0.2, 0) is 0 Å². The summed E-state index contributed by atoms with van der Waals surface area (Å²) in [5, 5.41) is 1.05. The first-order chi connectivity index (χ1) is 15.4. The number of hydrogen-bond donors (Lipinski definition) is 0. The van der Waals surface area contributed by atoms with Gasteiger partial charge in [0.1, 0.15) is 0 Å². The Morgan fingerprint density at radius 1 is 0.581 bits per heavy atom. The molecule has 0 bridgehead atoms. The summed E-state index contributed by atoms with van der Waals surface area (Å²) in [5.74, 6) is 0. The Morgan fingerprint density at radius 3 is 1.90 bits per heavy atom. The van der Waals surface area contributed by atoms with E-state index in [1.807, 2.05) is 42.6 Å². The third-order valence-corrected chi connectivity index (χ3v) is 5.16. The minimum absolute atomic E-state index is 0.921. The van der Waals surface area contributed by atoms with Crippen LogP contribution >= 0.6 is 0 Å². The summed E-state index contributed by atoms with van der Waals surface area (Å²) < 4.78 is 0. The van der Waals surface area contributed by atoms with Crippen LogP contribution in [0.1, 0.15) is 5.56 Å². The zero-order valence-electron chi connectivity index (χ0n) is 17.0. The van der Waals surface area contributed by atoms with Gasteiger partial charge in [-0.15, -0.1) is 0 Å². The molecule has 0 N–H and O–H groups in total. The number of benzene rings is 4. The molecule has 0 aliphatic rings. The van der Waals surface area contributed by atoms with Crippen LogP contribution in [0.15, 0.2) is 126 Å². The van der Waals surface area contributed by atoms with Crippen LogP contribution in [-0.4, -0.2) is 11.2 Å². The van der Waals surface area contributed by atoms with E-state index in [2.05, 4.69) is 88.7 Å². The van der Waals surface area contributed by atoms with E-state index in [9.17, 15) is 0 Å². The number of para-hydroxylation sites is 2. The fraction of sp³-hybridized carbons (Fsp3) is 0. The SMILES string of the molecule is C(=Nc1cccc2ncccc12)c1ccc(N(c2ccccc2)c2ccccc2)cc1. The largest absolute Gasteiger partial charge is 0.311 e. The first kappa shape index (κ1) is 18.8. The van der Waals surface area contributed by atoms with Crippen LogP contribution in [0.2, 0.25) is 0 Å². The Labute approximate surface area is 182 Å². The third-order valence-electron chi connectivity index (χ3n) is 5.16. The number of hydrogen-bond acceptors (Lipinski definition) is 3. The zero-order valence-corrected chi connectivity index (χ0v) is 17.0. The monoisotopic (exact) mass is 399 g/mol. The fourth-order valence-corrected chi connectivity index (χ4v) is 3.65. The van der Waals surface area contributed by atoms with Gasteiger partial charge in [-0.3, -0.25) is 9.98 Å². The highest BCUT2D eigenvalue weighted by Gasteiger charge is 2.11. The first-order valence-electron chi connectivity index (χ1n) is 10.3. The molecule has 0 saturated carbocycles. The minimum atomic E-state index is 0.921. The predicted molar refractivity (Wildman–Crippen MR) is 130 cm³/mol. The number of nitrogens with zero attached hydrogens (tertiary/aromatic N) is 3. The average molecular weight is 399 g/mol. The summed E-state index contributed by atoms with van der Waals surface area (Å²) in [6, 6.07) is 39.3. The van der Waals surface area contributed by atoms with E-state index in [0.29, 0.717) is 0 Å². The van der Waals surface area contributed by atoms with Gasteiger partial charge in [-0.25, -0.2) is 0 Å². The van der Waals surface area contributed by atoms with E-state index in [-0.39, 0.29) is 0 Å². The van der Waals surface area contributed by atoms with Gasteiger partial charge in [-0.2, -0.15) is 0 Å². The molecule has 3 nitrogen and oxygen atoms in total. The van der Waals surface area contributed by atoms with Crippen LogP contribution in [0.4, 0.5) is 22.7 Å². The van der Waals surface area contributed by atoms with Gasteiger partial charge >= 0.3 is 0 Å². The Morgan fingerprint density at radius 2 is 1.23 bits per heavy atom. The highest BCUT2D eigenvalue weighted by atomic mass is 15.1. The van der Waals surface area contributed by atoms with Crippen molar-refractivity contribution in [3.8, 4) is 0 Å². The van der Waals surface area contributed by atoms with Gasteiger partial charge < -0.3 is 4.90 Å². The zero-order chi connectivity index (χ0) is 20.9. The topological polar surface area (TPSA) is 28.5 Å². The molecule has 0 aliphatic carbocycles. The van der Waals surface area contributed by atoms with Gasteiger partial charge in [0.05, 0.1) is 11.2 Å². The van der Waals surface area contributed by atoms with Crippen molar-refractivity contribution < 1.29 is 0 Å². The smallest absolute Gasteiger partial charge is 0.0723 e. The quantitative estimate of drug-likeness (QED) is 0.287. The van der Waals surface area contributed by atoms with Crippen molar-refractivity contribution in [3.63, 3.8) is 0 Å². The van der Waals surface area contributed by atoms with Crippen molar-refractivity contribution in [1.29, 1.82) is 0 Å². The molecule has 148 valence electrons. The number of rotatable bonds is 5. The van der Waals surface area contributed by atoms with Crippen LogP contribution in [0, 0.1) is 0 Å². The van der Waals surface area contributed by atoms with Crippen molar-refractivity contribution in [2.45, 2.75) is 0 Å². The number of aliphatic imine (C=N–C) groups is 1. The lowest BCUT2D eigenvalue weighted by atomic mass is 10.1. The number of aromatic nitrogens is 1. The molecule has 3 heteroatoms. The summed E-state index contributed by atoms with van der Waals surface area (Å²) in [4.78, 5) is 11.4. The molecule has 1 heterocycles. The second-order valence-electron chi connectivity index (χ2n) is 7.20. The molecule has 1 aromatic heterocycles. The molecule has 0 atom stereocenters. The van der Waals surface area contributed by atoms with E-state index in [4.69, 9.17) is 4.99 Å². The van der Waals surface area contributed by atoms with E-state index in [0.717, 1.165) is 39.2 Å². The van der Waals surface area contributed by atoms with Crippen molar-refractivity contribution in [2.75, 3.05) is 4.90 Å². The molecule has 5 aromatic rings. The highest BCUT2D eigenvalue weighted by Crippen LogP contribution is 2.34.